The van der Waals surface area contributed by atoms with Crippen molar-refractivity contribution in [2.75, 3.05) is 19.8 Å². The lowest BCUT2D eigenvalue weighted by Crippen LogP contribution is -2.50. The van der Waals surface area contributed by atoms with Crippen molar-refractivity contribution in [3.05, 3.63) is 0 Å². The average Bonchev–Trinajstić information content (AvgIpc) is 2.37. The summed E-state index contributed by atoms with van der Waals surface area (Å²) < 4.78 is 5.17. The molecular weight excluding hydrogens is 236 g/mol. The Morgan fingerprint density at radius 1 is 1.44 bits per heavy atom. The van der Waals surface area contributed by atoms with Crippen molar-refractivity contribution in [2.24, 2.45) is 11.1 Å². The van der Waals surface area contributed by atoms with E-state index in [1.54, 1.807) is 0 Å². The van der Waals surface area contributed by atoms with Gasteiger partial charge in [0, 0.05) is 19.8 Å². The zero-order chi connectivity index (χ0) is 13.6. The smallest absolute Gasteiger partial charge is 0.311 e. The molecule has 6 heteroatoms. The molecule has 0 bridgehead atoms. The van der Waals surface area contributed by atoms with Crippen molar-refractivity contribution in [2.45, 2.75) is 38.6 Å². The second-order valence-electron chi connectivity index (χ2n) is 4.81. The third-order valence-electron chi connectivity index (χ3n) is 3.44. The molecule has 0 radical (unpaired) electrons. The van der Waals surface area contributed by atoms with Crippen LogP contribution in [0.3, 0.4) is 0 Å². The largest absolute Gasteiger partial charge is 0.481 e. The van der Waals surface area contributed by atoms with Gasteiger partial charge in [-0.05, 0) is 19.3 Å². The van der Waals surface area contributed by atoms with Crippen LogP contribution >= 0.6 is 0 Å². The van der Waals surface area contributed by atoms with Gasteiger partial charge in [0.15, 0.2) is 0 Å². The molecule has 1 amide bonds. The molecule has 1 aliphatic heterocycles. The minimum Gasteiger partial charge on any atom is -0.481 e. The number of carbonyl (C=O) groups is 2. The van der Waals surface area contributed by atoms with Crippen LogP contribution in [0.4, 0.5) is 0 Å². The molecule has 1 heterocycles. The first-order valence-electron chi connectivity index (χ1n) is 6.36. The van der Waals surface area contributed by atoms with Gasteiger partial charge in [0.2, 0.25) is 5.91 Å². The van der Waals surface area contributed by atoms with Gasteiger partial charge in [-0.1, -0.05) is 13.3 Å². The topological polar surface area (TPSA) is 102 Å². The van der Waals surface area contributed by atoms with E-state index in [2.05, 4.69) is 5.32 Å². The Labute approximate surface area is 107 Å². The number of nitrogens with two attached hydrogens (primary N) is 1. The van der Waals surface area contributed by atoms with Crippen molar-refractivity contribution >= 4 is 11.9 Å². The molecule has 6 nitrogen and oxygen atoms in total. The number of rotatable bonds is 6. The highest BCUT2D eigenvalue weighted by Crippen LogP contribution is 2.30. The number of carboxylic acids is 1. The molecular formula is C12H22N2O4. The van der Waals surface area contributed by atoms with Gasteiger partial charge < -0.3 is 20.9 Å². The second kappa shape index (κ2) is 6.70. The van der Waals surface area contributed by atoms with Crippen LogP contribution in [-0.2, 0) is 14.3 Å². The highest BCUT2D eigenvalue weighted by atomic mass is 16.5. The number of carboxylic acid groups (broad SMARTS) is 1. The van der Waals surface area contributed by atoms with Gasteiger partial charge in [0.05, 0.1) is 11.5 Å². The summed E-state index contributed by atoms with van der Waals surface area (Å²) in [5.41, 5.74) is 4.78. The summed E-state index contributed by atoms with van der Waals surface area (Å²) in [6, 6.07) is -0.555. The summed E-state index contributed by atoms with van der Waals surface area (Å²) in [5.74, 6) is -1.15. The van der Waals surface area contributed by atoms with Crippen molar-refractivity contribution in [1.29, 1.82) is 0 Å². The van der Waals surface area contributed by atoms with Crippen molar-refractivity contribution < 1.29 is 19.4 Å². The zero-order valence-electron chi connectivity index (χ0n) is 10.8. The summed E-state index contributed by atoms with van der Waals surface area (Å²) in [5, 5.41) is 12.0. The number of hydrogen-bond acceptors (Lipinski definition) is 4. The Kier molecular flexibility index (Phi) is 5.55. The predicted octanol–water partition coefficient (Wildman–Crippen LogP) is 0.111. The maximum Gasteiger partial charge on any atom is 0.311 e. The minimum absolute atomic E-state index is 0.127. The molecule has 1 saturated heterocycles. The molecule has 104 valence electrons. The van der Waals surface area contributed by atoms with E-state index < -0.39 is 17.4 Å². The molecule has 0 aromatic carbocycles. The summed E-state index contributed by atoms with van der Waals surface area (Å²) in [7, 11) is 0. The van der Waals surface area contributed by atoms with Crippen LogP contribution in [0.5, 0.6) is 0 Å². The first-order valence-corrected chi connectivity index (χ1v) is 6.36. The van der Waals surface area contributed by atoms with Gasteiger partial charge in [-0.15, -0.1) is 0 Å². The van der Waals surface area contributed by atoms with E-state index >= 15 is 0 Å². The monoisotopic (exact) mass is 258 g/mol. The van der Waals surface area contributed by atoms with Crippen LogP contribution in [0.1, 0.15) is 32.6 Å². The number of ether oxygens (including phenoxy) is 1. The fraction of sp³-hybridized carbons (Fsp3) is 0.833. The summed E-state index contributed by atoms with van der Waals surface area (Å²) in [6.07, 6.45) is 2.28. The van der Waals surface area contributed by atoms with E-state index in [-0.39, 0.29) is 12.5 Å². The number of hydrogen-bond donors (Lipinski definition) is 3. The fourth-order valence-electron chi connectivity index (χ4n) is 2.06. The molecule has 4 N–H and O–H groups in total. The van der Waals surface area contributed by atoms with E-state index in [0.717, 1.165) is 6.42 Å². The van der Waals surface area contributed by atoms with Crippen LogP contribution in [0.15, 0.2) is 0 Å². The fourth-order valence-corrected chi connectivity index (χ4v) is 2.06. The molecule has 0 unspecified atom stereocenters. The molecule has 0 aromatic heterocycles. The van der Waals surface area contributed by atoms with E-state index in [1.165, 1.54) is 0 Å². The van der Waals surface area contributed by atoms with Crippen LogP contribution in [0.25, 0.3) is 0 Å². The lowest BCUT2D eigenvalue weighted by Gasteiger charge is -2.33. The Hall–Kier alpha value is -1.14. The van der Waals surface area contributed by atoms with Crippen molar-refractivity contribution in [1.82, 2.24) is 5.32 Å². The molecule has 1 rings (SSSR count). The van der Waals surface area contributed by atoms with Gasteiger partial charge >= 0.3 is 5.97 Å². The van der Waals surface area contributed by atoms with E-state index in [0.29, 0.717) is 32.5 Å². The predicted molar refractivity (Wildman–Crippen MR) is 66.0 cm³/mol. The van der Waals surface area contributed by atoms with E-state index in [1.807, 2.05) is 6.92 Å². The van der Waals surface area contributed by atoms with E-state index in [9.17, 15) is 14.7 Å². The summed E-state index contributed by atoms with van der Waals surface area (Å²) in [6.45, 7) is 2.92. The van der Waals surface area contributed by atoms with Crippen molar-refractivity contribution in [3.8, 4) is 0 Å². The first kappa shape index (κ1) is 14.9. The maximum atomic E-state index is 11.7. The standard InChI is InChI=1S/C12H22N2O4/c1-2-3-9(13)10(15)14-8-12(11(16)17)4-6-18-7-5-12/h9H,2-8,13H2,1H3,(H,14,15)(H,16,17)/t9-/m0/s1. The van der Waals surface area contributed by atoms with Crippen LogP contribution in [-0.4, -0.2) is 42.8 Å². The van der Waals surface area contributed by atoms with Crippen LogP contribution < -0.4 is 11.1 Å². The molecule has 1 atom stereocenters. The van der Waals surface area contributed by atoms with Crippen LogP contribution in [0, 0.1) is 5.41 Å². The molecule has 0 saturated carbocycles. The number of aliphatic carboxylic acids is 1. The highest BCUT2D eigenvalue weighted by Gasteiger charge is 2.40. The average molecular weight is 258 g/mol. The van der Waals surface area contributed by atoms with Gasteiger partial charge in [0.25, 0.3) is 0 Å². The summed E-state index contributed by atoms with van der Waals surface area (Å²) >= 11 is 0. The molecule has 0 aliphatic carbocycles. The highest BCUT2D eigenvalue weighted by molar-refractivity contribution is 5.82. The SMILES string of the molecule is CCC[C@H](N)C(=O)NCC1(C(=O)O)CCOCC1. The molecule has 1 aliphatic rings. The molecule has 1 fully saturated rings. The Bertz CT molecular complexity index is 300. The Morgan fingerprint density at radius 2 is 2.06 bits per heavy atom. The third-order valence-corrected chi connectivity index (χ3v) is 3.44. The minimum atomic E-state index is -0.903. The Balaban J connectivity index is 2.52. The van der Waals surface area contributed by atoms with Gasteiger partial charge in [-0.25, -0.2) is 0 Å². The van der Waals surface area contributed by atoms with Gasteiger partial charge in [-0.2, -0.15) is 0 Å². The normalized spacial score (nSPS) is 20.1. The zero-order valence-corrected chi connectivity index (χ0v) is 10.8. The second-order valence-corrected chi connectivity index (χ2v) is 4.81. The lowest BCUT2D eigenvalue weighted by atomic mass is 9.80. The number of nitrogens with one attached hydrogen (secondary N) is 1. The number of carbonyl (C=O) groups excluding carboxylic acids is 1. The quantitative estimate of drug-likeness (QED) is 0.627. The lowest BCUT2D eigenvalue weighted by molar-refractivity contribution is -0.154. The third kappa shape index (κ3) is 3.68. The first-order chi connectivity index (χ1) is 8.52. The Morgan fingerprint density at radius 3 is 2.56 bits per heavy atom. The van der Waals surface area contributed by atoms with Crippen LogP contribution in [0.2, 0.25) is 0 Å². The number of amides is 1. The summed E-state index contributed by atoms with van der Waals surface area (Å²) in [4.78, 5) is 23.0. The molecule has 18 heavy (non-hydrogen) atoms. The van der Waals surface area contributed by atoms with E-state index in [4.69, 9.17) is 10.5 Å². The van der Waals surface area contributed by atoms with Crippen molar-refractivity contribution in [3.63, 3.8) is 0 Å². The molecule has 0 aromatic rings. The van der Waals surface area contributed by atoms with Gasteiger partial charge in [0.1, 0.15) is 0 Å². The molecule has 0 spiro atoms. The van der Waals surface area contributed by atoms with Gasteiger partial charge in [-0.3, -0.25) is 9.59 Å². The maximum absolute atomic E-state index is 11.7.